The summed E-state index contributed by atoms with van der Waals surface area (Å²) in [6.45, 7) is 5.40. The van der Waals surface area contributed by atoms with Crippen LogP contribution in [0.5, 0.6) is 0 Å². The SMILES string of the molecule is CC(C)(COCCO)C(C)(N)CCC(F)(F)F. The van der Waals surface area contributed by atoms with Crippen LogP contribution in [0.1, 0.15) is 33.6 Å². The van der Waals surface area contributed by atoms with E-state index in [1.165, 1.54) is 0 Å². The van der Waals surface area contributed by atoms with Gasteiger partial charge in [-0.3, -0.25) is 0 Å². The van der Waals surface area contributed by atoms with Crippen LogP contribution in [0.3, 0.4) is 0 Å². The number of nitrogens with two attached hydrogens (primary N) is 1. The molecule has 17 heavy (non-hydrogen) atoms. The zero-order valence-corrected chi connectivity index (χ0v) is 10.6. The minimum absolute atomic E-state index is 0.111. The number of hydrogen-bond acceptors (Lipinski definition) is 3. The lowest BCUT2D eigenvalue weighted by molar-refractivity contribution is -0.141. The summed E-state index contributed by atoms with van der Waals surface area (Å²) in [4.78, 5) is 0. The summed E-state index contributed by atoms with van der Waals surface area (Å²) >= 11 is 0. The average Bonchev–Trinajstić information content (AvgIpc) is 2.14. The average molecular weight is 257 g/mol. The molecule has 0 saturated carbocycles. The van der Waals surface area contributed by atoms with Gasteiger partial charge in [-0.05, 0) is 13.3 Å². The summed E-state index contributed by atoms with van der Waals surface area (Å²) in [6, 6.07) is 0. The van der Waals surface area contributed by atoms with E-state index in [-0.39, 0.29) is 26.2 Å². The molecule has 6 heteroatoms. The molecule has 0 heterocycles. The predicted molar refractivity (Wildman–Crippen MR) is 59.6 cm³/mol. The van der Waals surface area contributed by atoms with Crippen LogP contribution in [0.4, 0.5) is 13.2 Å². The third-order valence-corrected chi connectivity index (χ3v) is 3.17. The third kappa shape index (κ3) is 6.24. The topological polar surface area (TPSA) is 55.5 Å². The second-order valence-corrected chi connectivity index (χ2v) is 5.19. The Balaban J connectivity index is 4.34. The molecular weight excluding hydrogens is 235 g/mol. The molecular formula is C11H22F3NO2. The van der Waals surface area contributed by atoms with Crippen molar-refractivity contribution in [3.63, 3.8) is 0 Å². The highest BCUT2D eigenvalue weighted by molar-refractivity contribution is 4.94. The fourth-order valence-corrected chi connectivity index (χ4v) is 1.30. The van der Waals surface area contributed by atoms with Crippen LogP contribution in [-0.2, 0) is 4.74 Å². The van der Waals surface area contributed by atoms with E-state index < -0.39 is 23.6 Å². The number of halogens is 3. The van der Waals surface area contributed by atoms with E-state index in [4.69, 9.17) is 15.6 Å². The maximum Gasteiger partial charge on any atom is 0.389 e. The Morgan fingerprint density at radius 2 is 1.65 bits per heavy atom. The van der Waals surface area contributed by atoms with Gasteiger partial charge in [-0.2, -0.15) is 13.2 Å². The van der Waals surface area contributed by atoms with E-state index >= 15 is 0 Å². The van der Waals surface area contributed by atoms with Crippen LogP contribution in [0, 0.1) is 5.41 Å². The standard InChI is InChI=1S/C11H22F3NO2/c1-9(2,8-17-7-6-16)10(3,15)4-5-11(12,13)14/h16H,4-8,15H2,1-3H3. The quantitative estimate of drug-likeness (QED) is 0.687. The number of aliphatic hydroxyl groups excluding tert-OH is 1. The van der Waals surface area contributed by atoms with E-state index in [1.807, 2.05) is 0 Å². The molecule has 0 aromatic heterocycles. The molecule has 0 bridgehead atoms. The van der Waals surface area contributed by atoms with Gasteiger partial charge >= 0.3 is 6.18 Å². The summed E-state index contributed by atoms with van der Waals surface area (Å²) in [5, 5.41) is 8.57. The first-order valence-corrected chi connectivity index (χ1v) is 5.56. The van der Waals surface area contributed by atoms with Gasteiger partial charge in [-0.15, -0.1) is 0 Å². The number of alkyl halides is 3. The van der Waals surface area contributed by atoms with Crippen LogP contribution in [-0.4, -0.2) is 36.6 Å². The molecule has 0 aliphatic rings. The van der Waals surface area contributed by atoms with Crippen molar-refractivity contribution in [3.05, 3.63) is 0 Å². The zero-order valence-electron chi connectivity index (χ0n) is 10.6. The van der Waals surface area contributed by atoms with Gasteiger partial charge in [0.25, 0.3) is 0 Å². The lowest BCUT2D eigenvalue weighted by Gasteiger charge is -2.41. The Bertz CT molecular complexity index is 227. The first kappa shape index (κ1) is 16.7. The van der Waals surface area contributed by atoms with Gasteiger partial charge in [0, 0.05) is 17.4 Å². The van der Waals surface area contributed by atoms with Crippen molar-refractivity contribution in [2.45, 2.75) is 45.3 Å². The van der Waals surface area contributed by atoms with Crippen LogP contribution in [0.15, 0.2) is 0 Å². The highest BCUT2D eigenvalue weighted by atomic mass is 19.4. The molecule has 1 unspecified atom stereocenters. The van der Waals surface area contributed by atoms with Crippen molar-refractivity contribution >= 4 is 0 Å². The first-order valence-electron chi connectivity index (χ1n) is 5.56. The number of aliphatic hydroxyl groups is 1. The van der Waals surface area contributed by atoms with Gasteiger partial charge in [-0.1, -0.05) is 13.8 Å². The van der Waals surface area contributed by atoms with Crippen molar-refractivity contribution in [2.75, 3.05) is 19.8 Å². The summed E-state index contributed by atoms with van der Waals surface area (Å²) in [6.07, 6.45) is -5.24. The van der Waals surface area contributed by atoms with Crippen molar-refractivity contribution in [1.82, 2.24) is 0 Å². The molecule has 104 valence electrons. The fraction of sp³-hybridized carbons (Fsp3) is 1.00. The molecule has 1 atom stereocenters. The first-order chi connectivity index (χ1) is 7.52. The molecule has 0 aromatic rings. The van der Waals surface area contributed by atoms with Crippen molar-refractivity contribution in [3.8, 4) is 0 Å². The van der Waals surface area contributed by atoms with E-state index in [9.17, 15) is 13.2 Å². The molecule has 3 N–H and O–H groups in total. The maximum absolute atomic E-state index is 12.2. The van der Waals surface area contributed by atoms with E-state index in [0.717, 1.165) is 0 Å². The third-order valence-electron chi connectivity index (χ3n) is 3.17. The Kier molecular flexibility index (Phi) is 5.90. The summed E-state index contributed by atoms with van der Waals surface area (Å²) in [5.41, 5.74) is 4.38. The highest BCUT2D eigenvalue weighted by Gasteiger charge is 2.40. The fourth-order valence-electron chi connectivity index (χ4n) is 1.30. The Morgan fingerprint density at radius 1 is 1.12 bits per heavy atom. The van der Waals surface area contributed by atoms with Crippen LogP contribution in [0.25, 0.3) is 0 Å². The second kappa shape index (κ2) is 6.02. The highest BCUT2D eigenvalue weighted by Crippen LogP contribution is 2.35. The lowest BCUT2D eigenvalue weighted by atomic mass is 9.72. The van der Waals surface area contributed by atoms with Crippen molar-refractivity contribution in [2.24, 2.45) is 11.1 Å². The maximum atomic E-state index is 12.2. The minimum Gasteiger partial charge on any atom is -0.394 e. The van der Waals surface area contributed by atoms with E-state index in [0.29, 0.717) is 0 Å². The van der Waals surface area contributed by atoms with Gasteiger partial charge in [0.15, 0.2) is 0 Å². The van der Waals surface area contributed by atoms with Crippen molar-refractivity contribution < 1.29 is 23.0 Å². The van der Waals surface area contributed by atoms with Gasteiger partial charge in [-0.25, -0.2) is 0 Å². The van der Waals surface area contributed by atoms with E-state index in [1.54, 1.807) is 20.8 Å². The lowest BCUT2D eigenvalue weighted by Crippen LogP contribution is -2.53. The summed E-state index contributed by atoms with van der Waals surface area (Å²) in [7, 11) is 0. The van der Waals surface area contributed by atoms with Crippen LogP contribution < -0.4 is 5.73 Å². The minimum atomic E-state index is -4.19. The van der Waals surface area contributed by atoms with Crippen LogP contribution in [0.2, 0.25) is 0 Å². The zero-order chi connectivity index (χ0) is 13.7. The number of ether oxygens (including phenoxy) is 1. The molecule has 0 aliphatic heterocycles. The van der Waals surface area contributed by atoms with E-state index in [2.05, 4.69) is 0 Å². The predicted octanol–water partition coefficient (Wildman–Crippen LogP) is 2.08. The summed E-state index contributed by atoms with van der Waals surface area (Å²) < 4.78 is 41.6. The summed E-state index contributed by atoms with van der Waals surface area (Å²) in [5.74, 6) is 0. The molecule has 0 spiro atoms. The molecule has 0 radical (unpaired) electrons. The monoisotopic (exact) mass is 257 g/mol. The van der Waals surface area contributed by atoms with Gasteiger partial charge in [0.2, 0.25) is 0 Å². The second-order valence-electron chi connectivity index (χ2n) is 5.19. The molecule has 0 rings (SSSR count). The van der Waals surface area contributed by atoms with Gasteiger partial charge in [0.1, 0.15) is 0 Å². The molecule has 0 aliphatic carbocycles. The normalized spacial score (nSPS) is 16.9. The Labute approximate surface area is 100 Å². The molecule has 0 aromatic carbocycles. The Hall–Kier alpha value is -0.330. The number of hydrogen-bond donors (Lipinski definition) is 2. The molecule has 3 nitrogen and oxygen atoms in total. The van der Waals surface area contributed by atoms with Gasteiger partial charge < -0.3 is 15.6 Å². The molecule has 0 fully saturated rings. The largest absolute Gasteiger partial charge is 0.394 e. The van der Waals surface area contributed by atoms with Crippen molar-refractivity contribution in [1.29, 1.82) is 0 Å². The molecule has 0 amide bonds. The van der Waals surface area contributed by atoms with Gasteiger partial charge in [0.05, 0.1) is 19.8 Å². The number of rotatable bonds is 7. The smallest absolute Gasteiger partial charge is 0.389 e. The van der Waals surface area contributed by atoms with Crippen LogP contribution >= 0.6 is 0 Å². The Morgan fingerprint density at radius 3 is 2.06 bits per heavy atom. The molecule has 0 saturated heterocycles.